The minimum absolute atomic E-state index is 0.0102. The van der Waals surface area contributed by atoms with Gasteiger partial charge in [-0.1, -0.05) is 31.8 Å². The molecule has 252 valence electrons. The molecule has 1 aromatic heterocycles. The van der Waals surface area contributed by atoms with Crippen LogP contribution in [-0.4, -0.2) is 75.3 Å². The fourth-order valence-corrected chi connectivity index (χ4v) is 6.94. The number of ether oxygens (including phenoxy) is 2. The van der Waals surface area contributed by atoms with Crippen LogP contribution in [0, 0.1) is 23.7 Å². The summed E-state index contributed by atoms with van der Waals surface area (Å²) in [4.78, 5) is 55.4. The van der Waals surface area contributed by atoms with E-state index in [4.69, 9.17) is 19.5 Å². The van der Waals surface area contributed by atoms with Crippen LogP contribution in [0.3, 0.4) is 0 Å². The zero-order valence-electron chi connectivity index (χ0n) is 28.8. The normalized spacial score (nSPS) is 19.6. The van der Waals surface area contributed by atoms with Crippen molar-refractivity contribution in [3.8, 4) is 11.8 Å². The van der Waals surface area contributed by atoms with Gasteiger partial charge in [-0.25, -0.2) is 9.78 Å². The van der Waals surface area contributed by atoms with Crippen molar-refractivity contribution in [2.75, 3.05) is 20.2 Å². The first-order valence-corrected chi connectivity index (χ1v) is 17.0. The lowest BCUT2D eigenvalue weighted by molar-refractivity contribution is -0.148. The van der Waals surface area contributed by atoms with E-state index in [1.807, 2.05) is 74.8 Å². The summed E-state index contributed by atoms with van der Waals surface area (Å²) in [5, 5.41) is 0. The van der Waals surface area contributed by atoms with Crippen LogP contribution in [-0.2, 0) is 25.5 Å². The third-order valence-electron chi connectivity index (χ3n) is 9.43. The number of methoxy groups -OCH3 is 1. The van der Waals surface area contributed by atoms with E-state index in [1.54, 1.807) is 0 Å². The van der Waals surface area contributed by atoms with Crippen molar-refractivity contribution in [2.24, 2.45) is 16.8 Å². The molecule has 0 aliphatic carbocycles. The molecule has 0 bridgehead atoms. The lowest BCUT2D eigenvalue weighted by Gasteiger charge is -2.29. The van der Waals surface area contributed by atoms with Gasteiger partial charge in [-0.3, -0.25) is 19.5 Å². The summed E-state index contributed by atoms with van der Waals surface area (Å²) in [7, 11) is 1.35. The molecule has 2 fully saturated rings. The molecule has 3 aromatic rings. The number of nitrogens with one attached hydrogen (secondary N) is 1. The van der Waals surface area contributed by atoms with Gasteiger partial charge in [-0.05, 0) is 88.3 Å². The van der Waals surface area contributed by atoms with E-state index in [-0.39, 0.29) is 42.4 Å². The third kappa shape index (κ3) is 7.10. The molecule has 0 unspecified atom stereocenters. The quantitative estimate of drug-likeness (QED) is 0.241. The second-order valence-electron chi connectivity index (χ2n) is 14.4. The third-order valence-corrected chi connectivity index (χ3v) is 9.43. The Morgan fingerprint density at radius 1 is 0.979 bits per heavy atom. The molecule has 1 N–H and O–H groups in total. The van der Waals surface area contributed by atoms with Crippen LogP contribution >= 0.6 is 0 Å². The van der Waals surface area contributed by atoms with Gasteiger partial charge in [0.25, 0.3) is 0 Å². The van der Waals surface area contributed by atoms with E-state index in [0.29, 0.717) is 13.1 Å². The summed E-state index contributed by atoms with van der Waals surface area (Å²) >= 11 is 0. The first-order chi connectivity index (χ1) is 22.9. The summed E-state index contributed by atoms with van der Waals surface area (Å²) in [6, 6.07) is 11.8. The Kier molecular flexibility index (Phi) is 9.33. The Bertz CT molecular complexity index is 1820. The maximum absolute atomic E-state index is 13.6. The van der Waals surface area contributed by atoms with Crippen LogP contribution < -0.4 is 0 Å². The Balaban J connectivity index is 1.16. The molecule has 3 aliphatic heterocycles. The number of hydrogen-bond acceptors (Lipinski definition) is 7. The second-order valence-corrected chi connectivity index (χ2v) is 14.4. The molecule has 0 radical (unpaired) electrons. The number of carbonyl (C=O) groups is 3. The van der Waals surface area contributed by atoms with E-state index in [9.17, 15) is 14.4 Å². The Hall–Kier alpha value is -4.65. The molecule has 4 heterocycles. The van der Waals surface area contributed by atoms with Crippen molar-refractivity contribution < 1.29 is 23.9 Å². The summed E-state index contributed by atoms with van der Waals surface area (Å²) in [5.74, 6) is 6.50. The molecule has 48 heavy (non-hydrogen) atoms. The number of benzene rings is 2. The van der Waals surface area contributed by atoms with E-state index in [2.05, 4.69) is 22.9 Å². The van der Waals surface area contributed by atoms with Gasteiger partial charge in [-0.2, -0.15) is 0 Å². The first kappa shape index (κ1) is 33.3. The van der Waals surface area contributed by atoms with Crippen molar-refractivity contribution in [2.45, 2.75) is 90.8 Å². The van der Waals surface area contributed by atoms with Crippen molar-refractivity contribution >= 4 is 40.4 Å². The van der Waals surface area contributed by atoms with Crippen molar-refractivity contribution in [1.82, 2.24) is 19.8 Å². The maximum atomic E-state index is 13.6. The van der Waals surface area contributed by atoms with Gasteiger partial charge < -0.3 is 19.4 Å². The van der Waals surface area contributed by atoms with Crippen LogP contribution in [0.1, 0.15) is 95.3 Å². The largest absolute Gasteiger partial charge is 0.469 e. The highest BCUT2D eigenvalue weighted by molar-refractivity contribution is 5.99. The van der Waals surface area contributed by atoms with Crippen LogP contribution in [0.2, 0.25) is 0 Å². The van der Waals surface area contributed by atoms with Gasteiger partial charge in [0.15, 0.2) is 0 Å². The SMILES string of the molecule is COC(=O)C[C@H](C(=O)N1CCC[C@H]1c1nc2ccc(C#Cc3ccc4c(c3)N=C([C@@H]3CCCN3C(=O)OC(C)(C)C)C4)cc2[nH]1)C(C)C. The Labute approximate surface area is 282 Å². The molecule has 10 heteroatoms. The standard InChI is InChI=1S/C38H45N5O5/c1-23(2)27(22-34(44)47-6)36(45)42-17-8-10-33(42)35-40-28-16-14-25(20-30(28)41-35)12-11-24-13-15-26-21-31(39-29(26)19-24)32-9-7-18-43(32)37(46)48-38(3,4)5/h13-16,19-20,23,27,32-33H,7-10,17-18,21-22H2,1-6H3,(H,40,41)/t27-,32-,33-/m0/s1. The molecular formula is C38H45N5O5. The van der Waals surface area contributed by atoms with Gasteiger partial charge >= 0.3 is 12.1 Å². The zero-order chi connectivity index (χ0) is 34.2. The summed E-state index contributed by atoms with van der Waals surface area (Å²) < 4.78 is 10.5. The monoisotopic (exact) mass is 651 g/mol. The number of esters is 1. The predicted molar refractivity (Wildman–Crippen MR) is 184 cm³/mol. The summed E-state index contributed by atoms with van der Waals surface area (Å²) in [6.45, 7) is 10.9. The molecule has 2 aromatic carbocycles. The summed E-state index contributed by atoms with van der Waals surface area (Å²) in [6.07, 6.45) is 4.03. The number of aromatic nitrogens is 2. The molecule has 0 spiro atoms. The lowest BCUT2D eigenvalue weighted by Crippen LogP contribution is -2.43. The number of hydrogen-bond donors (Lipinski definition) is 1. The maximum Gasteiger partial charge on any atom is 0.410 e. The second kappa shape index (κ2) is 13.5. The number of carbonyl (C=O) groups excluding carboxylic acids is 3. The fourth-order valence-electron chi connectivity index (χ4n) is 6.94. The molecule has 2 saturated heterocycles. The van der Waals surface area contributed by atoms with Crippen molar-refractivity contribution in [3.05, 3.63) is 58.9 Å². The number of imidazole rings is 1. The number of rotatable bonds is 6. The number of nitrogens with zero attached hydrogens (tertiary/aromatic N) is 4. The van der Waals surface area contributed by atoms with Crippen LogP contribution in [0.5, 0.6) is 0 Å². The highest BCUT2D eigenvalue weighted by Gasteiger charge is 2.38. The van der Waals surface area contributed by atoms with Crippen molar-refractivity contribution in [1.29, 1.82) is 0 Å². The van der Waals surface area contributed by atoms with Gasteiger partial charge in [0.05, 0.1) is 48.3 Å². The Morgan fingerprint density at radius 2 is 1.67 bits per heavy atom. The van der Waals surface area contributed by atoms with E-state index < -0.39 is 11.5 Å². The highest BCUT2D eigenvalue weighted by Crippen LogP contribution is 2.35. The molecule has 6 rings (SSSR count). The van der Waals surface area contributed by atoms with Crippen LogP contribution in [0.15, 0.2) is 41.4 Å². The molecule has 0 saturated carbocycles. The number of aliphatic imine (C=N–C) groups is 1. The molecular weight excluding hydrogens is 606 g/mol. The molecule has 10 nitrogen and oxygen atoms in total. The smallest absolute Gasteiger partial charge is 0.410 e. The molecule has 2 amide bonds. The highest BCUT2D eigenvalue weighted by atomic mass is 16.6. The minimum Gasteiger partial charge on any atom is -0.469 e. The minimum atomic E-state index is -0.537. The van der Waals surface area contributed by atoms with Gasteiger partial charge in [0.1, 0.15) is 11.4 Å². The average Bonchev–Trinajstić information content (AvgIpc) is 3.85. The van der Waals surface area contributed by atoms with E-state index >= 15 is 0 Å². The number of amides is 2. The van der Waals surface area contributed by atoms with Crippen molar-refractivity contribution in [3.63, 3.8) is 0 Å². The number of likely N-dealkylation sites (tertiary alicyclic amines) is 2. The average molecular weight is 652 g/mol. The first-order valence-electron chi connectivity index (χ1n) is 17.0. The Morgan fingerprint density at radius 3 is 2.38 bits per heavy atom. The predicted octanol–water partition coefficient (Wildman–Crippen LogP) is 6.49. The number of aromatic amines is 1. The topological polar surface area (TPSA) is 117 Å². The fraction of sp³-hybridized carbons (Fsp3) is 0.500. The van der Waals surface area contributed by atoms with E-state index in [0.717, 1.165) is 77.1 Å². The van der Waals surface area contributed by atoms with Gasteiger partial charge in [-0.15, -0.1) is 0 Å². The molecule has 3 atom stereocenters. The lowest BCUT2D eigenvalue weighted by atomic mass is 9.91. The van der Waals surface area contributed by atoms with Crippen LogP contribution in [0.4, 0.5) is 10.5 Å². The summed E-state index contributed by atoms with van der Waals surface area (Å²) in [5.41, 5.74) is 5.91. The zero-order valence-corrected chi connectivity index (χ0v) is 28.8. The molecule has 3 aliphatic rings. The van der Waals surface area contributed by atoms with Crippen LogP contribution in [0.25, 0.3) is 11.0 Å². The van der Waals surface area contributed by atoms with E-state index in [1.165, 1.54) is 7.11 Å². The van der Waals surface area contributed by atoms with Gasteiger partial charge in [0, 0.05) is 36.3 Å². The van der Waals surface area contributed by atoms with Gasteiger partial charge in [0.2, 0.25) is 5.91 Å². The number of H-pyrrole nitrogens is 1. The number of fused-ring (bicyclic) bond motifs is 2.